The number of halogens is 2. The van der Waals surface area contributed by atoms with Gasteiger partial charge < -0.3 is 20.4 Å². The first-order chi connectivity index (χ1) is 14.0. The Morgan fingerprint density at radius 1 is 0.733 bits per heavy atom. The van der Waals surface area contributed by atoms with E-state index < -0.39 is 47.6 Å². The summed E-state index contributed by atoms with van der Waals surface area (Å²) in [4.78, 5) is 24.3. The number of carbonyl (C=O) groups is 2. The Balaban J connectivity index is 2.00. The van der Waals surface area contributed by atoms with Crippen molar-refractivity contribution >= 4 is 11.6 Å². The molecule has 2 rings (SSSR count). The fourth-order valence-corrected chi connectivity index (χ4v) is 3.01. The van der Waals surface area contributed by atoms with Crippen LogP contribution in [0.15, 0.2) is 36.4 Å². The molecule has 2 aromatic carbocycles. The molecule has 8 heteroatoms. The van der Waals surface area contributed by atoms with Crippen molar-refractivity contribution in [1.29, 1.82) is 0 Å². The van der Waals surface area contributed by atoms with E-state index in [4.69, 9.17) is 0 Å². The fraction of sp³-hybridized carbons (Fsp3) is 0.364. The van der Waals surface area contributed by atoms with Crippen molar-refractivity contribution in [3.8, 4) is 0 Å². The summed E-state index contributed by atoms with van der Waals surface area (Å²) in [6.45, 7) is 3.02. The summed E-state index contributed by atoms with van der Waals surface area (Å²) >= 11 is 0. The molecule has 0 amide bonds. The number of aliphatic hydroxyl groups is 4. The molecule has 30 heavy (non-hydrogen) atoms. The molecule has 4 N–H and O–H groups in total. The lowest BCUT2D eigenvalue weighted by Gasteiger charge is -2.20. The smallest absolute Gasteiger partial charge is 0.232 e. The van der Waals surface area contributed by atoms with E-state index in [1.807, 2.05) is 0 Å². The van der Waals surface area contributed by atoms with Crippen LogP contribution in [0, 0.1) is 25.5 Å². The molecule has 0 aromatic heterocycles. The Morgan fingerprint density at radius 2 is 1.07 bits per heavy atom. The standard InChI is InChI=1S/C22H24F2O6/c1-11-7-13(3-5-15(11)23)9-17(25)19(27)21(29)22(30)20(28)18(26)10-14-4-6-16(24)12(2)8-14/h3-8,17-20,25-28H,9-10H2,1-2H3/t17?,18?,19-,20+. The van der Waals surface area contributed by atoms with Gasteiger partial charge in [-0.1, -0.05) is 24.3 Å². The van der Waals surface area contributed by atoms with Crippen LogP contribution in [0.1, 0.15) is 22.3 Å². The van der Waals surface area contributed by atoms with Crippen LogP contribution in [0.5, 0.6) is 0 Å². The van der Waals surface area contributed by atoms with Gasteiger partial charge in [-0.05, 0) is 48.2 Å². The first kappa shape index (κ1) is 23.8. The first-order valence-electron chi connectivity index (χ1n) is 9.31. The molecular weight excluding hydrogens is 398 g/mol. The van der Waals surface area contributed by atoms with Gasteiger partial charge in [-0.2, -0.15) is 0 Å². The molecule has 0 spiro atoms. The zero-order valence-corrected chi connectivity index (χ0v) is 16.5. The molecule has 2 unspecified atom stereocenters. The van der Waals surface area contributed by atoms with Crippen LogP contribution in [-0.2, 0) is 22.4 Å². The van der Waals surface area contributed by atoms with Crippen LogP contribution in [-0.4, -0.2) is 56.4 Å². The minimum Gasteiger partial charge on any atom is -0.390 e. The normalized spacial score (nSPS) is 15.3. The molecule has 0 saturated carbocycles. The Labute approximate surface area is 172 Å². The second-order valence-corrected chi connectivity index (χ2v) is 7.33. The van der Waals surface area contributed by atoms with E-state index in [2.05, 4.69) is 0 Å². The highest BCUT2D eigenvalue weighted by atomic mass is 19.1. The van der Waals surface area contributed by atoms with E-state index in [0.29, 0.717) is 22.3 Å². The van der Waals surface area contributed by atoms with Crippen LogP contribution in [0.2, 0.25) is 0 Å². The van der Waals surface area contributed by atoms with Crippen molar-refractivity contribution in [2.45, 2.75) is 51.1 Å². The van der Waals surface area contributed by atoms with E-state index >= 15 is 0 Å². The van der Waals surface area contributed by atoms with Crippen LogP contribution >= 0.6 is 0 Å². The summed E-state index contributed by atoms with van der Waals surface area (Å²) in [7, 11) is 0. The Hall–Kier alpha value is -2.52. The van der Waals surface area contributed by atoms with Crippen molar-refractivity contribution in [3.63, 3.8) is 0 Å². The summed E-state index contributed by atoms with van der Waals surface area (Å²) < 4.78 is 26.6. The van der Waals surface area contributed by atoms with Crippen molar-refractivity contribution in [1.82, 2.24) is 0 Å². The topological polar surface area (TPSA) is 115 Å². The van der Waals surface area contributed by atoms with Gasteiger partial charge in [-0.3, -0.25) is 9.59 Å². The van der Waals surface area contributed by atoms with Gasteiger partial charge in [0.25, 0.3) is 0 Å². The molecule has 0 bridgehead atoms. The zero-order valence-electron chi connectivity index (χ0n) is 16.5. The van der Waals surface area contributed by atoms with Gasteiger partial charge in [-0.25, -0.2) is 8.78 Å². The third-order valence-electron chi connectivity index (χ3n) is 4.84. The lowest BCUT2D eigenvalue weighted by atomic mass is 9.93. The number of hydrogen-bond donors (Lipinski definition) is 4. The number of ketones is 2. The molecule has 0 aliphatic heterocycles. The molecule has 0 heterocycles. The fourth-order valence-electron chi connectivity index (χ4n) is 3.01. The maximum absolute atomic E-state index is 13.3. The number of rotatable bonds is 9. The number of Topliss-reactive ketones (excluding diaryl/α,β-unsaturated/α-hetero) is 2. The molecular formula is C22H24F2O6. The minimum absolute atomic E-state index is 0.227. The van der Waals surface area contributed by atoms with E-state index in [-0.39, 0.29) is 12.8 Å². The Kier molecular flexibility index (Phi) is 7.91. The van der Waals surface area contributed by atoms with Gasteiger partial charge in [0.05, 0.1) is 12.2 Å². The third-order valence-corrected chi connectivity index (χ3v) is 4.84. The van der Waals surface area contributed by atoms with Gasteiger partial charge in [0, 0.05) is 12.8 Å². The highest BCUT2D eigenvalue weighted by Crippen LogP contribution is 2.15. The Morgan fingerprint density at radius 3 is 1.37 bits per heavy atom. The third kappa shape index (κ3) is 5.76. The minimum atomic E-state index is -2.13. The molecule has 0 saturated heterocycles. The van der Waals surface area contributed by atoms with Crippen molar-refractivity contribution in [3.05, 3.63) is 70.3 Å². The second-order valence-electron chi connectivity index (χ2n) is 7.33. The van der Waals surface area contributed by atoms with E-state index in [1.165, 1.54) is 50.2 Å². The SMILES string of the molecule is Cc1cc(CC(O)[C@H](O)C(=O)C(=O)[C@H](O)C(O)Cc2ccc(F)c(C)c2)ccc1F. The average molecular weight is 422 g/mol. The van der Waals surface area contributed by atoms with Gasteiger partial charge in [0.15, 0.2) is 0 Å². The number of hydrogen-bond acceptors (Lipinski definition) is 6. The van der Waals surface area contributed by atoms with Crippen LogP contribution in [0.3, 0.4) is 0 Å². The predicted molar refractivity (Wildman–Crippen MR) is 104 cm³/mol. The highest BCUT2D eigenvalue weighted by Gasteiger charge is 2.36. The van der Waals surface area contributed by atoms with E-state index in [0.717, 1.165) is 0 Å². The van der Waals surface area contributed by atoms with Crippen LogP contribution < -0.4 is 0 Å². The average Bonchev–Trinajstić information content (AvgIpc) is 2.71. The van der Waals surface area contributed by atoms with Crippen molar-refractivity contribution in [2.24, 2.45) is 0 Å². The summed E-state index contributed by atoms with van der Waals surface area (Å²) in [5.41, 5.74) is 1.50. The zero-order chi connectivity index (χ0) is 22.6. The van der Waals surface area contributed by atoms with Crippen molar-refractivity contribution in [2.75, 3.05) is 0 Å². The maximum atomic E-state index is 13.3. The summed E-state index contributed by atoms with van der Waals surface area (Å²) in [6, 6.07) is 7.95. The monoisotopic (exact) mass is 422 g/mol. The summed E-state index contributed by atoms with van der Waals surface area (Å²) in [6.07, 6.45) is -8.05. The largest absolute Gasteiger partial charge is 0.390 e. The number of aryl methyl sites for hydroxylation is 2. The highest BCUT2D eigenvalue weighted by molar-refractivity contribution is 6.40. The summed E-state index contributed by atoms with van der Waals surface area (Å²) in [5, 5.41) is 40.1. The van der Waals surface area contributed by atoms with E-state index in [9.17, 15) is 38.8 Å². The second kappa shape index (κ2) is 9.99. The lowest BCUT2D eigenvalue weighted by molar-refractivity contribution is -0.152. The summed E-state index contributed by atoms with van der Waals surface area (Å²) in [5.74, 6) is -3.81. The molecule has 162 valence electrons. The molecule has 4 atom stereocenters. The molecule has 0 fully saturated rings. The molecule has 0 radical (unpaired) electrons. The van der Waals surface area contributed by atoms with Gasteiger partial charge in [-0.15, -0.1) is 0 Å². The maximum Gasteiger partial charge on any atom is 0.232 e. The molecule has 0 aliphatic carbocycles. The van der Waals surface area contributed by atoms with Crippen LogP contribution in [0.25, 0.3) is 0 Å². The molecule has 0 aliphatic rings. The Bertz CT molecular complexity index is 854. The van der Waals surface area contributed by atoms with Gasteiger partial charge >= 0.3 is 0 Å². The quantitative estimate of drug-likeness (QED) is 0.448. The van der Waals surface area contributed by atoms with Crippen molar-refractivity contribution < 1.29 is 38.8 Å². The number of carbonyl (C=O) groups excluding carboxylic acids is 2. The predicted octanol–water partition coefficient (Wildman–Crippen LogP) is 0.949. The van der Waals surface area contributed by atoms with Crippen LogP contribution in [0.4, 0.5) is 8.78 Å². The molecule has 2 aromatic rings. The number of benzene rings is 2. The van der Waals surface area contributed by atoms with Gasteiger partial charge in [0.2, 0.25) is 11.6 Å². The molecule has 6 nitrogen and oxygen atoms in total. The number of aliphatic hydroxyl groups excluding tert-OH is 4. The lowest BCUT2D eigenvalue weighted by Crippen LogP contribution is -2.47. The van der Waals surface area contributed by atoms with Gasteiger partial charge in [0.1, 0.15) is 23.8 Å². The first-order valence-corrected chi connectivity index (χ1v) is 9.31. The van der Waals surface area contributed by atoms with E-state index in [1.54, 1.807) is 0 Å².